The monoisotopic (exact) mass is 246 g/mol. The predicted molar refractivity (Wildman–Crippen MR) is 72.2 cm³/mol. The number of hydrogen-bond donors (Lipinski definition) is 2. The van der Waals surface area contributed by atoms with Gasteiger partial charge in [0.25, 0.3) is 0 Å². The molecule has 0 bridgehead atoms. The van der Waals surface area contributed by atoms with Gasteiger partial charge in [-0.25, -0.2) is 4.39 Å². The van der Waals surface area contributed by atoms with Crippen molar-refractivity contribution in [2.75, 3.05) is 6.54 Å². The summed E-state index contributed by atoms with van der Waals surface area (Å²) >= 11 is 0. The average Bonchev–Trinajstić information content (AvgIpc) is 2.96. The van der Waals surface area contributed by atoms with Gasteiger partial charge in [-0.2, -0.15) is 0 Å². The van der Waals surface area contributed by atoms with Gasteiger partial charge < -0.3 is 10.7 Å². The van der Waals surface area contributed by atoms with Gasteiger partial charge in [-0.05, 0) is 37.5 Å². The van der Waals surface area contributed by atoms with Gasteiger partial charge in [0.1, 0.15) is 5.82 Å². The highest BCUT2D eigenvalue weighted by atomic mass is 19.1. The van der Waals surface area contributed by atoms with Crippen LogP contribution in [0.5, 0.6) is 0 Å². The molecule has 96 valence electrons. The van der Waals surface area contributed by atoms with Gasteiger partial charge in [0.05, 0.1) is 0 Å². The van der Waals surface area contributed by atoms with Gasteiger partial charge in [-0.15, -0.1) is 0 Å². The zero-order valence-corrected chi connectivity index (χ0v) is 10.7. The van der Waals surface area contributed by atoms with Gasteiger partial charge in [0, 0.05) is 28.6 Å². The van der Waals surface area contributed by atoms with E-state index in [1.54, 1.807) is 0 Å². The maximum absolute atomic E-state index is 14.7. The molecule has 1 aromatic carbocycles. The standard InChI is InChI=1S/C15H19FN2/c1-10-8-11-13(18-10)5-4-12(14(11)16)15(9-17)6-2-3-7-15/h4-5,8,18H,2-3,6-7,9,17H2,1H3. The number of fused-ring (bicyclic) bond motifs is 1. The summed E-state index contributed by atoms with van der Waals surface area (Å²) in [4.78, 5) is 3.18. The van der Waals surface area contributed by atoms with E-state index in [1.165, 1.54) is 0 Å². The van der Waals surface area contributed by atoms with E-state index in [1.807, 2.05) is 25.1 Å². The number of aromatic nitrogens is 1. The van der Waals surface area contributed by atoms with E-state index in [2.05, 4.69) is 4.98 Å². The highest BCUT2D eigenvalue weighted by molar-refractivity contribution is 5.82. The molecule has 1 aliphatic carbocycles. The molecule has 2 nitrogen and oxygen atoms in total. The Balaban J connectivity index is 2.19. The third kappa shape index (κ3) is 1.57. The fraction of sp³-hybridized carbons (Fsp3) is 0.467. The molecule has 3 N–H and O–H groups in total. The lowest BCUT2D eigenvalue weighted by molar-refractivity contribution is 0.429. The summed E-state index contributed by atoms with van der Waals surface area (Å²) in [5, 5.41) is 0.699. The minimum atomic E-state index is -0.135. The van der Waals surface area contributed by atoms with E-state index in [-0.39, 0.29) is 11.2 Å². The molecule has 0 radical (unpaired) electrons. The lowest BCUT2D eigenvalue weighted by Crippen LogP contribution is -2.33. The van der Waals surface area contributed by atoms with Crippen molar-refractivity contribution >= 4 is 10.9 Å². The van der Waals surface area contributed by atoms with Gasteiger partial charge in [-0.3, -0.25) is 0 Å². The molecule has 18 heavy (non-hydrogen) atoms. The molecule has 1 aliphatic rings. The summed E-state index contributed by atoms with van der Waals surface area (Å²) in [6, 6.07) is 5.79. The minimum absolute atomic E-state index is 0.0794. The first-order chi connectivity index (χ1) is 8.66. The van der Waals surface area contributed by atoms with Gasteiger partial charge >= 0.3 is 0 Å². The highest BCUT2D eigenvalue weighted by Gasteiger charge is 2.36. The average molecular weight is 246 g/mol. The van der Waals surface area contributed by atoms with E-state index in [0.717, 1.165) is 42.5 Å². The number of benzene rings is 1. The van der Waals surface area contributed by atoms with Crippen LogP contribution >= 0.6 is 0 Å². The van der Waals surface area contributed by atoms with E-state index >= 15 is 0 Å². The Bertz CT molecular complexity index is 579. The second-order valence-electron chi connectivity index (χ2n) is 5.53. The topological polar surface area (TPSA) is 41.8 Å². The van der Waals surface area contributed by atoms with Crippen LogP contribution in [0.2, 0.25) is 0 Å². The molecule has 0 amide bonds. The van der Waals surface area contributed by atoms with Crippen molar-refractivity contribution in [2.45, 2.75) is 38.0 Å². The third-order valence-corrected chi connectivity index (χ3v) is 4.40. The number of nitrogens with two attached hydrogens (primary N) is 1. The van der Waals surface area contributed by atoms with E-state index in [4.69, 9.17) is 5.73 Å². The van der Waals surface area contributed by atoms with Crippen LogP contribution in [-0.4, -0.2) is 11.5 Å². The molecule has 1 aromatic heterocycles. The molecule has 1 heterocycles. The smallest absolute Gasteiger partial charge is 0.136 e. The molecule has 0 atom stereocenters. The molecule has 1 saturated carbocycles. The molecule has 0 spiro atoms. The van der Waals surface area contributed by atoms with Crippen LogP contribution in [0.1, 0.15) is 36.9 Å². The highest BCUT2D eigenvalue weighted by Crippen LogP contribution is 2.42. The van der Waals surface area contributed by atoms with Crippen molar-refractivity contribution in [3.63, 3.8) is 0 Å². The second-order valence-corrected chi connectivity index (χ2v) is 5.53. The summed E-state index contributed by atoms with van der Waals surface area (Å²) in [6.07, 6.45) is 4.33. The van der Waals surface area contributed by atoms with Gasteiger partial charge in [0.2, 0.25) is 0 Å². The Morgan fingerprint density at radius 2 is 2.06 bits per heavy atom. The summed E-state index contributed by atoms with van der Waals surface area (Å²) in [7, 11) is 0. The van der Waals surface area contributed by atoms with Crippen LogP contribution in [0, 0.1) is 12.7 Å². The Hall–Kier alpha value is -1.35. The first-order valence-electron chi connectivity index (χ1n) is 6.65. The van der Waals surface area contributed by atoms with Crippen molar-refractivity contribution in [1.82, 2.24) is 4.98 Å². The first kappa shape index (κ1) is 11.7. The molecule has 0 unspecified atom stereocenters. The van der Waals surface area contributed by atoms with Crippen LogP contribution < -0.4 is 5.73 Å². The number of nitrogens with one attached hydrogen (secondary N) is 1. The van der Waals surface area contributed by atoms with Crippen molar-refractivity contribution in [1.29, 1.82) is 0 Å². The third-order valence-electron chi connectivity index (χ3n) is 4.40. The van der Waals surface area contributed by atoms with E-state index in [0.29, 0.717) is 11.9 Å². The zero-order valence-electron chi connectivity index (χ0n) is 10.7. The van der Waals surface area contributed by atoms with E-state index < -0.39 is 0 Å². The van der Waals surface area contributed by atoms with Crippen LogP contribution in [0.3, 0.4) is 0 Å². The summed E-state index contributed by atoms with van der Waals surface area (Å²) < 4.78 is 14.7. The van der Waals surface area contributed by atoms with Crippen molar-refractivity contribution in [3.05, 3.63) is 35.3 Å². The van der Waals surface area contributed by atoms with Crippen LogP contribution in [0.15, 0.2) is 18.2 Å². The Labute approximate surface area is 106 Å². The fourth-order valence-electron chi connectivity index (χ4n) is 3.35. The molecule has 1 fully saturated rings. The van der Waals surface area contributed by atoms with Gasteiger partial charge in [-0.1, -0.05) is 18.9 Å². The minimum Gasteiger partial charge on any atom is -0.359 e. The second kappa shape index (κ2) is 4.09. The lowest BCUT2D eigenvalue weighted by Gasteiger charge is -2.28. The van der Waals surface area contributed by atoms with Crippen molar-refractivity contribution in [3.8, 4) is 0 Å². The maximum atomic E-state index is 14.7. The Morgan fingerprint density at radius 1 is 1.33 bits per heavy atom. The predicted octanol–water partition coefficient (Wildman–Crippen LogP) is 3.39. The lowest BCUT2D eigenvalue weighted by atomic mass is 9.78. The summed E-state index contributed by atoms with van der Waals surface area (Å²) in [5.41, 5.74) is 8.49. The number of aromatic amines is 1. The zero-order chi connectivity index (χ0) is 12.8. The quantitative estimate of drug-likeness (QED) is 0.838. The fourth-order valence-corrected chi connectivity index (χ4v) is 3.35. The SMILES string of the molecule is Cc1cc2c(F)c(C3(CN)CCCC3)ccc2[nH]1. The first-order valence-corrected chi connectivity index (χ1v) is 6.65. The molecule has 2 aromatic rings. The summed E-state index contributed by atoms with van der Waals surface area (Å²) in [5.74, 6) is -0.0794. The number of aryl methyl sites for hydroxylation is 1. The molecular formula is C15H19FN2. The largest absolute Gasteiger partial charge is 0.359 e. The molecule has 0 saturated heterocycles. The number of halogens is 1. The van der Waals surface area contributed by atoms with Crippen LogP contribution in [0.25, 0.3) is 10.9 Å². The van der Waals surface area contributed by atoms with Crippen molar-refractivity contribution in [2.24, 2.45) is 5.73 Å². The van der Waals surface area contributed by atoms with Crippen LogP contribution in [0.4, 0.5) is 4.39 Å². The van der Waals surface area contributed by atoms with E-state index in [9.17, 15) is 4.39 Å². The van der Waals surface area contributed by atoms with Crippen molar-refractivity contribution < 1.29 is 4.39 Å². The van der Waals surface area contributed by atoms with Gasteiger partial charge in [0.15, 0.2) is 0 Å². The number of H-pyrrole nitrogens is 1. The Kier molecular flexibility index (Phi) is 2.67. The number of rotatable bonds is 2. The molecule has 0 aliphatic heterocycles. The molecular weight excluding hydrogens is 227 g/mol. The Morgan fingerprint density at radius 3 is 2.72 bits per heavy atom. The normalized spacial score (nSPS) is 18.6. The van der Waals surface area contributed by atoms with Crippen LogP contribution in [-0.2, 0) is 5.41 Å². The number of hydrogen-bond acceptors (Lipinski definition) is 1. The molecule has 3 rings (SSSR count). The maximum Gasteiger partial charge on any atom is 0.136 e. The molecule has 3 heteroatoms. The summed E-state index contributed by atoms with van der Waals surface area (Å²) in [6.45, 7) is 2.49.